The molecular formula is C20H33IN4O2. The second-order valence-corrected chi connectivity index (χ2v) is 6.67. The number of primary amides is 1. The number of carbonyl (C=O) groups excluding carboxylic acids is 1. The Morgan fingerprint density at radius 2 is 1.81 bits per heavy atom. The number of rotatable bonds is 8. The van der Waals surface area contributed by atoms with E-state index in [2.05, 4.69) is 15.6 Å². The van der Waals surface area contributed by atoms with Crippen LogP contribution in [0.5, 0.6) is 0 Å². The van der Waals surface area contributed by atoms with Gasteiger partial charge >= 0.3 is 0 Å². The zero-order valence-corrected chi connectivity index (χ0v) is 18.5. The van der Waals surface area contributed by atoms with Crippen molar-refractivity contribution in [3.8, 4) is 0 Å². The van der Waals surface area contributed by atoms with Crippen LogP contribution in [0.3, 0.4) is 0 Å². The number of nitrogens with two attached hydrogens (primary N) is 1. The first-order valence-electron chi connectivity index (χ1n) is 9.71. The lowest BCUT2D eigenvalue weighted by atomic mass is 10.1. The molecule has 1 amide bonds. The average Bonchev–Trinajstić information content (AvgIpc) is 2.92. The van der Waals surface area contributed by atoms with Crippen molar-refractivity contribution >= 4 is 35.8 Å². The van der Waals surface area contributed by atoms with Crippen LogP contribution >= 0.6 is 24.0 Å². The number of halogens is 1. The molecule has 0 unspecified atom stereocenters. The normalized spacial score (nSPS) is 15.5. The van der Waals surface area contributed by atoms with Gasteiger partial charge in [0.15, 0.2) is 5.96 Å². The molecule has 27 heavy (non-hydrogen) atoms. The first kappa shape index (κ1) is 23.7. The van der Waals surface area contributed by atoms with E-state index in [1.807, 2.05) is 19.1 Å². The lowest BCUT2D eigenvalue weighted by Gasteiger charge is -2.16. The van der Waals surface area contributed by atoms with Gasteiger partial charge in [-0.05, 0) is 37.5 Å². The van der Waals surface area contributed by atoms with Gasteiger partial charge in [0.1, 0.15) is 0 Å². The van der Waals surface area contributed by atoms with Gasteiger partial charge in [-0.1, -0.05) is 37.8 Å². The first-order valence-corrected chi connectivity index (χ1v) is 9.71. The third-order valence-corrected chi connectivity index (χ3v) is 4.55. The van der Waals surface area contributed by atoms with Crippen molar-refractivity contribution in [3.63, 3.8) is 0 Å². The second-order valence-electron chi connectivity index (χ2n) is 6.67. The van der Waals surface area contributed by atoms with Crippen LogP contribution in [0.1, 0.15) is 61.4 Å². The van der Waals surface area contributed by atoms with E-state index < -0.39 is 5.91 Å². The third kappa shape index (κ3) is 9.41. The Bertz CT molecular complexity index is 570. The lowest BCUT2D eigenvalue weighted by Crippen LogP contribution is -2.39. The smallest absolute Gasteiger partial charge is 0.248 e. The van der Waals surface area contributed by atoms with Crippen molar-refractivity contribution in [2.75, 3.05) is 19.7 Å². The summed E-state index contributed by atoms with van der Waals surface area (Å²) < 4.78 is 6.00. The molecule has 1 fully saturated rings. The van der Waals surface area contributed by atoms with E-state index in [9.17, 15) is 4.79 Å². The van der Waals surface area contributed by atoms with Crippen molar-refractivity contribution in [3.05, 3.63) is 35.4 Å². The van der Waals surface area contributed by atoms with Crippen molar-refractivity contribution in [1.29, 1.82) is 0 Å². The van der Waals surface area contributed by atoms with Gasteiger partial charge in [0.05, 0.1) is 19.3 Å². The highest BCUT2D eigenvalue weighted by atomic mass is 127. The molecule has 1 aliphatic carbocycles. The van der Waals surface area contributed by atoms with Gasteiger partial charge in [-0.15, -0.1) is 24.0 Å². The number of nitrogens with one attached hydrogen (secondary N) is 2. The fraction of sp³-hybridized carbons (Fsp3) is 0.600. The van der Waals surface area contributed by atoms with Gasteiger partial charge in [-0.3, -0.25) is 4.79 Å². The summed E-state index contributed by atoms with van der Waals surface area (Å²) >= 11 is 0. The molecule has 2 rings (SSSR count). The number of benzene rings is 1. The zero-order valence-electron chi connectivity index (χ0n) is 16.2. The molecule has 0 spiro atoms. The summed E-state index contributed by atoms with van der Waals surface area (Å²) in [6.45, 7) is 4.82. The SMILES string of the molecule is CCNC(=NCc1ccc(C(N)=O)cc1)NCCOC1CCCCCC1.I. The van der Waals surface area contributed by atoms with E-state index in [1.54, 1.807) is 12.1 Å². The molecule has 1 aromatic carbocycles. The summed E-state index contributed by atoms with van der Waals surface area (Å²) in [6.07, 6.45) is 8.06. The van der Waals surface area contributed by atoms with Crippen LogP contribution in [-0.4, -0.2) is 37.7 Å². The molecule has 1 aromatic rings. The molecule has 0 radical (unpaired) electrons. The van der Waals surface area contributed by atoms with E-state index in [4.69, 9.17) is 10.5 Å². The first-order chi connectivity index (χ1) is 12.7. The zero-order chi connectivity index (χ0) is 18.6. The minimum atomic E-state index is -0.413. The van der Waals surface area contributed by atoms with Crippen molar-refractivity contribution in [1.82, 2.24) is 10.6 Å². The monoisotopic (exact) mass is 488 g/mol. The number of nitrogens with zero attached hydrogens (tertiary/aromatic N) is 1. The van der Waals surface area contributed by atoms with Crippen molar-refractivity contribution in [2.24, 2.45) is 10.7 Å². The summed E-state index contributed by atoms with van der Waals surface area (Å²) in [7, 11) is 0. The molecule has 4 N–H and O–H groups in total. The summed E-state index contributed by atoms with van der Waals surface area (Å²) in [4.78, 5) is 15.7. The van der Waals surface area contributed by atoms with Gasteiger partial charge in [0.2, 0.25) is 5.91 Å². The number of aliphatic imine (C=N–C) groups is 1. The maximum Gasteiger partial charge on any atom is 0.248 e. The molecule has 0 aliphatic heterocycles. The molecule has 0 heterocycles. The van der Waals surface area contributed by atoms with Crippen LogP contribution in [0, 0.1) is 0 Å². The van der Waals surface area contributed by atoms with Crippen LogP contribution in [0.2, 0.25) is 0 Å². The summed E-state index contributed by atoms with van der Waals surface area (Å²) in [5.41, 5.74) is 6.80. The van der Waals surface area contributed by atoms with Gasteiger partial charge in [0, 0.05) is 18.7 Å². The predicted octanol–water partition coefficient (Wildman–Crippen LogP) is 3.20. The Balaban J connectivity index is 0.00000364. The van der Waals surface area contributed by atoms with E-state index >= 15 is 0 Å². The average molecular weight is 488 g/mol. The third-order valence-electron chi connectivity index (χ3n) is 4.55. The quantitative estimate of drug-likeness (QED) is 0.172. The fourth-order valence-corrected chi connectivity index (χ4v) is 3.09. The van der Waals surface area contributed by atoms with Crippen LogP contribution in [0.25, 0.3) is 0 Å². The molecule has 1 aliphatic rings. The van der Waals surface area contributed by atoms with Crippen molar-refractivity contribution < 1.29 is 9.53 Å². The summed E-state index contributed by atoms with van der Waals surface area (Å²) in [5.74, 6) is 0.361. The Morgan fingerprint density at radius 1 is 1.15 bits per heavy atom. The summed E-state index contributed by atoms with van der Waals surface area (Å²) in [6, 6.07) is 7.22. The number of ether oxygens (including phenoxy) is 1. The highest BCUT2D eigenvalue weighted by molar-refractivity contribution is 14.0. The molecule has 0 aromatic heterocycles. The van der Waals surface area contributed by atoms with Gasteiger partial charge < -0.3 is 21.1 Å². The number of carbonyl (C=O) groups is 1. The highest BCUT2D eigenvalue weighted by Gasteiger charge is 2.12. The van der Waals surface area contributed by atoms with E-state index in [1.165, 1.54) is 38.5 Å². The van der Waals surface area contributed by atoms with Gasteiger partial charge in [-0.25, -0.2) is 4.99 Å². The maximum absolute atomic E-state index is 11.1. The lowest BCUT2D eigenvalue weighted by molar-refractivity contribution is 0.0468. The number of amides is 1. The Labute approximate surface area is 179 Å². The van der Waals surface area contributed by atoms with Crippen LogP contribution < -0.4 is 16.4 Å². The van der Waals surface area contributed by atoms with Crippen LogP contribution in [0.15, 0.2) is 29.3 Å². The fourth-order valence-electron chi connectivity index (χ4n) is 3.09. The molecule has 6 nitrogen and oxygen atoms in total. The minimum absolute atomic E-state index is 0. The second kappa shape index (κ2) is 13.8. The Kier molecular flexibility index (Phi) is 12.1. The number of guanidine groups is 1. The standard InChI is InChI=1S/C20H32N4O2.HI/c1-2-22-20(23-13-14-26-18-7-5-3-4-6-8-18)24-15-16-9-11-17(12-10-16)19(21)25;/h9-12,18H,2-8,13-15H2,1H3,(H2,21,25)(H2,22,23,24);1H. The maximum atomic E-state index is 11.1. The summed E-state index contributed by atoms with van der Waals surface area (Å²) in [5, 5.41) is 6.56. The number of hydrogen-bond donors (Lipinski definition) is 3. The Morgan fingerprint density at radius 3 is 2.41 bits per heavy atom. The van der Waals surface area contributed by atoms with E-state index in [0.29, 0.717) is 24.8 Å². The minimum Gasteiger partial charge on any atom is -0.376 e. The largest absolute Gasteiger partial charge is 0.376 e. The van der Waals surface area contributed by atoms with Crippen LogP contribution in [-0.2, 0) is 11.3 Å². The van der Waals surface area contributed by atoms with Crippen LogP contribution in [0.4, 0.5) is 0 Å². The van der Waals surface area contributed by atoms with Gasteiger partial charge in [-0.2, -0.15) is 0 Å². The Hall–Kier alpha value is -1.35. The molecule has 152 valence electrons. The molecule has 7 heteroatoms. The van der Waals surface area contributed by atoms with E-state index in [-0.39, 0.29) is 24.0 Å². The van der Waals surface area contributed by atoms with Crippen molar-refractivity contribution in [2.45, 2.75) is 58.1 Å². The molecule has 0 bridgehead atoms. The molecule has 0 atom stereocenters. The predicted molar refractivity (Wildman–Crippen MR) is 121 cm³/mol. The van der Waals surface area contributed by atoms with Gasteiger partial charge in [0.25, 0.3) is 0 Å². The topological polar surface area (TPSA) is 88.7 Å². The van der Waals surface area contributed by atoms with E-state index in [0.717, 1.165) is 24.6 Å². The molecule has 1 saturated carbocycles. The number of hydrogen-bond acceptors (Lipinski definition) is 3. The molecule has 0 saturated heterocycles. The molecular weight excluding hydrogens is 455 g/mol. The highest BCUT2D eigenvalue weighted by Crippen LogP contribution is 2.19.